The van der Waals surface area contributed by atoms with Crippen LogP contribution in [-0.2, 0) is 6.54 Å². The van der Waals surface area contributed by atoms with Gasteiger partial charge in [-0.15, -0.1) is 0 Å². The van der Waals surface area contributed by atoms with E-state index in [-0.39, 0.29) is 24.4 Å². The number of anilines is 1. The van der Waals surface area contributed by atoms with Crippen molar-refractivity contribution >= 4 is 28.3 Å². The smallest absolute Gasteiger partial charge is 0.254 e. The first-order valence-corrected chi connectivity index (χ1v) is 12.7. The summed E-state index contributed by atoms with van der Waals surface area (Å²) >= 11 is 0. The molecule has 3 aromatic rings. The van der Waals surface area contributed by atoms with Crippen molar-refractivity contribution in [2.75, 3.05) is 32.5 Å². The molecule has 0 bridgehead atoms. The molecule has 1 fully saturated rings. The minimum absolute atomic E-state index is 0.0954. The Labute approximate surface area is 221 Å². The SMILES string of the molecule is C=C(CN1Cc2c(ccc3ccc(-c4cc(OC)c(N)c(C(=O)NC5CCNCC5)c4)cc23)C1=O)C(N)O. The molecule has 0 radical (unpaired) electrons. The van der Waals surface area contributed by atoms with Gasteiger partial charge < -0.3 is 36.8 Å². The Hall–Kier alpha value is -3.92. The topological polar surface area (TPSA) is 143 Å². The van der Waals surface area contributed by atoms with Crippen molar-refractivity contribution in [2.24, 2.45) is 5.73 Å². The molecule has 198 valence electrons. The summed E-state index contributed by atoms with van der Waals surface area (Å²) in [7, 11) is 1.53. The van der Waals surface area contributed by atoms with Gasteiger partial charge in [0.15, 0.2) is 0 Å². The Kier molecular flexibility index (Phi) is 7.07. The molecule has 2 aliphatic rings. The number of aliphatic hydroxyl groups is 1. The number of benzene rings is 3. The molecule has 2 amide bonds. The zero-order valence-electron chi connectivity index (χ0n) is 21.4. The molecule has 2 heterocycles. The molecular formula is C29H33N5O4. The monoisotopic (exact) mass is 515 g/mol. The molecule has 3 aromatic carbocycles. The van der Waals surface area contributed by atoms with Crippen LogP contribution in [0.5, 0.6) is 5.75 Å². The first-order valence-electron chi connectivity index (χ1n) is 12.7. The number of ether oxygens (including phenoxy) is 1. The maximum atomic E-state index is 13.2. The zero-order chi connectivity index (χ0) is 27.0. The summed E-state index contributed by atoms with van der Waals surface area (Å²) < 4.78 is 5.53. The molecule has 1 atom stereocenters. The lowest BCUT2D eigenvalue weighted by molar-refractivity contribution is 0.0781. The molecule has 0 aliphatic carbocycles. The summed E-state index contributed by atoms with van der Waals surface area (Å²) in [4.78, 5) is 27.9. The molecule has 0 saturated carbocycles. The fourth-order valence-electron chi connectivity index (χ4n) is 5.21. The number of methoxy groups -OCH3 is 1. The molecule has 0 spiro atoms. The number of rotatable bonds is 7. The van der Waals surface area contributed by atoms with Gasteiger partial charge in [-0.25, -0.2) is 0 Å². The Morgan fingerprint density at radius 3 is 2.66 bits per heavy atom. The number of nitrogens with zero attached hydrogens (tertiary/aromatic N) is 1. The third-order valence-electron chi connectivity index (χ3n) is 7.43. The highest BCUT2D eigenvalue weighted by molar-refractivity contribution is 6.06. The van der Waals surface area contributed by atoms with Crippen LogP contribution in [-0.4, -0.2) is 60.8 Å². The lowest BCUT2D eigenvalue weighted by Crippen LogP contribution is -2.42. The molecule has 9 heteroatoms. The quantitative estimate of drug-likeness (QED) is 0.185. The standard InChI is InChI=1S/C29H33N5O4/c1-16(27(31)35)14-34-15-24-21(29(34)37)6-5-17-3-4-18(11-22(17)24)19-12-23(26(30)25(13-19)38-2)28(36)33-20-7-9-32-10-8-20/h3-6,11-13,20,27,32,35H,1,7-10,14-15,30-31H2,2H3,(H,33,36). The number of hydrogen-bond donors (Lipinski definition) is 5. The lowest BCUT2D eigenvalue weighted by Gasteiger charge is -2.24. The largest absolute Gasteiger partial charge is 0.495 e. The van der Waals surface area contributed by atoms with Gasteiger partial charge in [-0.05, 0) is 83.2 Å². The van der Waals surface area contributed by atoms with Crippen LogP contribution in [0, 0.1) is 0 Å². The van der Waals surface area contributed by atoms with Crippen molar-refractivity contribution in [2.45, 2.75) is 31.7 Å². The van der Waals surface area contributed by atoms with Gasteiger partial charge in [-0.1, -0.05) is 24.8 Å². The number of carbonyl (C=O) groups excluding carboxylic acids is 2. The van der Waals surface area contributed by atoms with E-state index in [1.54, 1.807) is 11.0 Å². The average molecular weight is 516 g/mol. The van der Waals surface area contributed by atoms with Crippen molar-refractivity contribution in [1.82, 2.24) is 15.5 Å². The van der Waals surface area contributed by atoms with Crippen molar-refractivity contribution in [1.29, 1.82) is 0 Å². The molecule has 0 aromatic heterocycles. The number of nitrogens with one attached hydrogen (secondary N) is 2. The maximum absolute atomic E-state index is 13.2. The molecule has 7 N–H and O–H groups in total. The van der Waals surface area contributed by atoms with Crippen molar-refractivity contribution in [3.05, 3.63) is 71.3 Å². The number of carbonyl (C=O) groups is 2. The second kappa shape index (κ2) is 10.4. The van der Waals surface area contributed by atoms with Crippen LogP contribution >= 0.6 is 0 Å². The lowest BCUT2D eigenvalue weighted by atomic mass is 9.94. The number of fused-ring (bicyclic) bond motifs is 3. The minimum atomic E-state index is -1.18. The van der Waals surface area contributed by atoms with Crippen molar-refractivity contribution < 1.29 is 19.4 Å². The van der Waals surface area contributed by atoms with Crippen LogP contribution in [0.3, 0.4) is 0 Å². The first-order chi connectivity index (χ1) is 18.3. The summed E-state index contributed by atoms with van der Waals surface area (Å²) in [5.41, 5.74) is 16.1. The van der Waals surface area contributed by atoms with Crippen LogP contribution in [0.4, 0.5) is 5.69 Å². The summed E-state index contributed by atoms with van der Waals surface area (Å²) in [5.74, 6) is 0.0801. The summed E-state index contributed by atoms with van der Waals surface area (Å²) in [6.07, 6.45) is 0.550. The normalized spacial score (nSPS) is 16.4. The van der Waals surface area contributed by atoms with Gasteiger partial charge in [0.25, 0.3) is 11.8 Å². The summed E-state index contributed by atoms with van der Waals surface area (Å²) in [6, 6.07) is 13.5. The van der Waals surface area contributed by atoms with Gasteiger partial charge >= 0.3 is 0 Å². The Morgan fingerprint density at radius 2 is 1.95 bits per heavy atom. The second-order valence-electron chi connectivity index (χ2n) is 9.93. The van der Waals surface area contributed by atoms with Gasteiger partial charge in [0.05, 0.1) is 18.4 Å². The van der Waals surface area contributed by atoms with E-state index in [0.29, 0.717) is 34.7 Å². The zero-order valence-corrected chi connectivity index (χ0v) is 21.4. The highest BCUT2D eigenvalue weighted by atomic mass is 16.5. The summed E-state index contributed by atoms with van der Waals surface area (Å²) in [6.45, 7) is 6.08. The highest BCUT2D eigenvalue weighted by Crippen LogP contribution is 2.37. The summed E-state index contributed by atoms with van der Waals surface area (Å²) in [5, 5.41) is 18.0. The second-order valence-corrected chi connectivity index (χ2v) is 9.93. The van der Waals surface area contributed by atoms with Gasteiger partial charge in [-0.3, -0.25) is 9.59 Å². The first kappa shape index (κ1) is 25.7. The highest BCUT2D eigenvalue weighted by Gasteiger charge is 2.30. The fourth-order valence-corrected chi connectivity index (χ4v) is 5.21. The third kappa shape index (κ3) is 4.83. The van der Waals surface area contributed by atoms with E-state index in [9.17, 15) is 14.7 Å². The van der Waals surface area contributed by atoms with Crippen molar-refractivity contribution in [3.63, 3.8) is 0 Å². The molecule has 1 unspecified atom stereocenters. The van der Waals surface area contributed by atoms with Crippen LogP contribution in [0.2, 0.25) is 0 Å². The van der Waals surface area contributed by atoms with Gasteiger partial charge in [0.2, 0.25) is 0 Å². The van der Waals surface area contributed by atoms with Crippen LogP contribution in [0.25, 0.3) is 21.9 Å². The third-order valence-corrected chi connectivity index (χ3v) is 7.43. The Bertz CT molecular complexity index is 1430. The molecule has 2 aliphatic heterocycles. The van der Waals surface area contributed by atoms with Gasteiger partial charge in [0, 0.05) is 24.7 Å². The van der Waals surface area contributed by atoms with Gasteiger partial charge in [-0.2, -0.15) is 0 Å². The van der Waals surface area contributed by atoms with E-state index in [0.717, 1.165) is 53.4 Å². The van der Waals surface area contributed by atoms with E-state index in [1.165, 1.54) is 7.11 Å². The van der Waals surface area contributed by atoms with Gasteiger partial charge in [0.1, 0.15) is 12.0 Å². The van der Waals surface area contributed by atoms with Crippen LogP contribution in [0.1, 0.15) is 39.1 Å². The number of amides is 2. The van der Waals surface area contributed by atoms with Crippen molar-refractivity contribution in [3.8, 4) is 16.9 Å². The van der Waals surface area contributed by atoms with E-state index in [1.807, 2.05) is 36.4 Å². The molecule has 9 nitrogen and oxygen atoms in total. The predicted molar refractivity (Wildman–Crippen MR) is 148 cm³/mol. The fraction of sp³-hybridized carbons (Fsp3) is 0.310. The Morgan fingerprint density at radius 1 is 1.21 bits per heavy atom. The molecule has 1 saturated heterocycles. The predicted octanol–water partition coefficient (Wildman–Crippen LogP) is 2.37. The Balaban J connectivity index is 1.51. The number of nitrogens with two attached hydrogens (primary N) is 2. The maximum Gasteiger partial charge on any atom is 0.254 e. The number of nitrogen functional groups attached to an aromatic ring is 1. The van der Waals surface area contributed by atoms with E-state index >= 15 is 0 Å². The average Bonchev–Trinajstić information content (AvgIpc) is 3.24. The molecule has 38 heavy (non-hydrogen) atoms. The molecule has 5 rings (SSSR count). The number of piperidine rings is 1. The van der Waals surface area contributed by atoms with Crippen LogP contribution < -0.4 is 26.8 Å². The van der Waals surface area contributed by atoms with Crippen LogP contribution in [0.15, 0.2) is 54.6 Å². The number of hydrogen-bond acceptors (Lipinski definition) is 7. The number of aliphatic hydroxyl groups excluding tert-OH is 1. The minimum Gasteiger partial charge on any atom is -0.495 e. The van der Waals surface area contributed by atoms with E-state index in [4.69, 9.17) is 16.2 Å². The van der Waals surface area contributed by atoms with E-state index in [2.05, 4.69) is 17.2 Å². The van der Waals surface area contributed by atoms with E-state index < -0.39 is 6.23 Å². The molecular weight excluding hydrogens is 482 g/mol.